The molecule has 5 rings (SSSR count). The Hall–Kier alpha value is -2.81. The monoisotopic (exact) mass is 424 g/mol. The van der Waals surface area contributed by atoms with Gasteiger partial charge in [-0.1, -0.05) is 6.42 Å². The molecule has 0 bridgehead atoms. The number of aromatic nitrogens is 4. The number of hydrogen-bond donors (Lipinski definition) is 1. The fourth-order valence-corrected chi connectivity index (χ4v) is 5.51. The van der Waals surface area contributed by atoms with Crippen molar-refractivity contribution in [3.05, 3.63) is 34.1 Å². The number of anilines is 2. The Labute approximate surface area is 178 Å². The van der Waals surface area contributed by atoms with Gasteiger partial charge in [0, 0.05) is 18.0 Å². The number of rotatable bonds is 4. The number of nitrogens with zero attached hydrogens (tertiary/aromatic N) is 5. The Bertz CT molecular complexity index is 1080. The molecule has 156 valence electrons. The van der Waals surface area contributed by atoms with E-state index < -0.39 is 5.97 Å². The normalized spacial score (nSPS) is 16.5. The van der Waals surface area contributed by atoms with Crippen LogP contribution in [0.4, 0.5) is 11.6 Å². The lowest BCUT2D eigenvalue weighted by Gasteiger charge is -2.15. The molecule has 2 aliphatic rings. The van der Waals surface area contributed by atoms with Gasteiger partial charge in [-0.05, 0) is 56.2 Å². The molecule has 0 aromatic carbocycles. The third-order valence-corrected chi connectivity index (χ3v) is 6.95. The summed E-state index contributed by atoms with van der Waals surface area (Å²) in [6, 6.07) is 3.46. The minimum atomic E-state index is -0.542. The molecule has 1 fully saturated rings. The highest BCUT2D eigenvalue weighted by Gasteiger charge is 2.20. The summed E-state index contributed by atoms with van der Waals surface area (Å²) in [5, 5.41) is 9.17. The van der Waals surface area contributed by atoms with Gasteiger partial charge in [-0.25, -0.2) is 14.8 Å². The molecule has 30 heavy (non-hydrogen) atoms. The lowest BCUT2D eigenvalue weighted by atomic mass is 10.1. The number of nitrogens with two attached hydrogens (primary N) is 1. The van der Waals surface area contributed by atoms with Crippen LogP contribution in [0.25, 0.3) is 10.2 Å². The molecule has 9 heteroatoms. The van der Waals surface area contributed by atoms with Crippen molar-refractivity contribution >= 4 is 39.2 Å². The number of carbonyl (C=O) groups is 1. The highest BCUT2D eigenvalue weighted by molar-refractivity contribution is 7.19. The van der Waals surface area contributed by atoms with Crippen molar-refractivity contribution in [1.82, 2.24) is 20.2 Å². The van der Waals surface area contributed by atoms with Gasteiger partial charge in [-0.15, -0.1) is 21.5 Å². The number of carbonyl (C=O) groups excluding carboxylic acids is 1. The van der Waals surface area contributed by atoms with Crippen molar-refractivity contribution in [3.63, 3.8) is 0 Å². The summed E-state index contributed by atoms with van der Waals surface area (Å²) in [7, 11) is 0. The zero-order valence-corrected chi connectivity index (χ0v) is 17.6. The number of aryl methyl sites for hydroxylation is 2. The zero-order valence-electron chi connectivity index (χ0n) is 16.8. The van der Waals surface area contributed by atoms with Gasteiger partial charge in [-0.2, -0.15) is 0 Å². The van der Waals surface area contributed by atoms with Crippen LogP contribution in [0.1, 0.15) is 58.9 Å². The summed E-state index contributed by atoms with van der Waals surface area (Å²) in [6.07, 6.45) is 8.05. The number of thiophene rings is 1. The summed E-state index contributed by atoms with van der Waals surface area (Å²) in [5.74, 6) is 1.13. The molecule has 3 aromatic heterocycles. The first-order chi connectivity index (χ1) is 14.7. The summed E-state index contributed by atoms with van der Waals surface area (Å²) in [6.45, 7) is 1.91. The van der Waals surface area contributed by atoms with Gasteiger partial charge < -0.3 is 15.4 Å². The van der Waals surface area contributed by atoms with Crippen LogP contribution in [0.15, 0.2) is 12.1 Å². The molecule has 1 aliphatic heterocycles. The maximum Gasteiger partial charge on any atom is 0.359 e. The lowest BCUT2D eigenvalue weighted by molar-refractivity contribution is 0.0454. The molecule has 1 saturated heterocycles. The van der Waals surface area contributed by atoms with Crippen LogP contribution in [0.2, 0.25) is 0 Å². The van der Waals surface area contributed by atoms with E-state index >= 15 is 0 Å². The molecule has 3 aromatic rings. The Balaban J connectivity index is 1.29. The summed E-state index contributed by atoms with van der Waals surface area (Å²) >= 11 is 1.69. The van der Waals surface area contributed by atoms with Crippen LogP contribution in [-0.4, -0.2) is 39.2 Å². The number of nitrogen functional groups attached to an aromatic ring is 1. The van der Waals surface area contributed by atoms with E-state index in [1.807, 2.05) is 6.07 Å². The Kier molecular flexibility index (Phi) is 5.20. The molecule has 2 N–H and O–H groups in total. The number of hydrogen-bond acceptors (Lipinski definition) is 9. The van der Waals surface area contributed by atoms with E-state index in [1.54, 1.807) is 17.4 Å². The average molecular weight is 425 g/mol. The van der Waals surface area contributed by atoms with Crippen LogP contribution in [-0.2, 0) is 24.2 Å². The first kappa shape index (κ1) is 19.2. The third kappa shape index (κ3) is 3.69. The van der Waals surface area contributed by atoms with Gasteiger partial charge in [0.1, 0.15) is 10.6 Å². The molecule has 4 heterocycles. The van der Waals surface area contributed by atoms with E-state index in [9.17, 15) is 4.79 Å². The second-order valence-corrected chi connectivity index (χ2v) is 8.90. The maximum absolute atomic E-state index is 12.4. The van der Waals surface area contributed by atoms with Crippen molar-refractivity contribution in [2.45, 2.75) is 51.6 Å². The van der Waals surface area contributed by atoms with Crippen LogP contribution in [0, 0.1) is 0 Å². The van der Waals surface area contributed by atoms with E-state index in [1.165, 1.54) is 29.7 Å². The molecule has 0 radical (unpaired) electrons. The summed E-state index contributed by atoms with van der Waals surface area (Å²) < 4.78 is 5.37. The predicted octanol–water partition coefficient (Wildman–Crippen LogP) is 3.29. The number of fused-ring (bicyclic) bond motifs is 3. The van der Waals surface area contributed by atoms with Crippen molar-refractivity contribution in [2.75, 3.05) is 23.7 Å². The summed E-state index contributed by atoms with van der Waals surface area (Å²) in [4.78, 5) is 25.8. The van der Waals surface area contributed by atoms with E-state index in [4.69, 9.17) is 10.5 Å². The highest BCUT2D eigenvalue weighted by atomic mass is 32.1. The van der Waals surface area contributed by atoms with Crippen molar-refractivity contribution in [2.24, 2.45) is 0 Å². The smallest absolute Gasteiger partial charge is 0.359 e. The van der Waals surface area contributed by atoms with Crippen LogP contribution < -0.4 is 10.6 Å². The van der Waals surface area contributed by atoms with E-state index in [0.717, 1.165) is 54.8 Å². The number of esters is 1. The van der Waals surface area contributed by atoms with Gasteiger partial charge in [0.25, 0.3) is 0 Å². The summed E-state index contributed by atoms with van der Waals surface area (Å²) in [5.41, 5.74) is 7.74. The van der Waals surface area contributed by atoms with Crippen molar-refractivity contribution in [1.29, 1.82) is 0 Å². The molecule has 0 spiro atoms. The van der Waals surface area contributed by atoms with Crippen molar-refractivity contribution < 1.29 is 9.53 Å². The molecule has 0 saturated carbocycles. The van der Waals surface area contributed by atoms with Crippen LogP contribution in [0.3, 0.4) is 0 Å². The maximum atomic E-state index is 12.4. The minimum Gasteiger partial charge on any atom is -0.453 e. The van der Waals surface area contributed by atoms with Crippen LogP contribution >= 0.6 is 11.3 Å². The van der Waals surface area contributed by atoms with E-state index in [2.05, 4.69) is 25.1 Å². The predicted molar refractivity (Wildman–Crippen MR) is 116 cm³/mol. The Morgan fingerprint density at radius 3 is 2.70 bits per heavy atom. The standard InChI is InChI=1S/C21H24N6O2S/c22-19-18-13-6-2-1-3-7-15(13)30-20(18)24-16(23-19)12-29-21(28)14-8-9-17(26-25-14)27-10-4-5-11-27/h8-9H,1-7,10-12H2,(H2,22,23,24). The second-order valence-electron chi connectivity index (χ2n) is 7.82. The molecule has 0 unspecified atom stereocenters. The number of ether oxygens (including phenoxy) is 1. The fraction of sp³-hybridized carbons (Fsp3) is 0.476. The molecule has 8 nitrogen and oxygen atoms in total. The second kappa shape index (κ2) is 8.14. The zero-order chi connectivity index (χ0) is 20.5. The molecular weight excluding hydrogens is 400 g/mol. The topological polar surface area (TPSA) is 107 Å². The van der Waals surface area contributed by atoms with E-state index in [-0.39, 0.29) is 12.3 Å². The molecule has 0 atom stereocenters. The molecule has 0 amide bonds. The lowest BCUT2D eigenvalue weighted by Crippen LogP contribution is -2.20. The largest absolute Gasteiger partial charge is 0.453 e. The Morgan fingerprint density at radius 2 is 1.90 bits per heavy atom. The molecule has 1 aliphatic carbocycles. The quantitative estimate of drug-likeness (QED) is 0.502. The van der Waals surface area contributed by atoms with Gasteiger partial charge in [0.05, 0.1) is 5.39 Å². The van der Waals surface area contributed by atoms with Gasteiger partial charge in [0.2, 0.25) is 0 Å². The van der Waals surface area contributed by atoms with Crippen molar-refractivity contribution in [3.8, 4) is 0 Å². The first-order valence-electron chi connectivity index (χ1n) is 10.5. The highest BCUT2D eigenvalue weighted by Crippen LogP contribution is 2.37. The SMILES string of the molecule is Nc1nc(COC(=O)c2ccc(N3CCCC3)nn2)nc2sc3c(c12)CCCCC3. The average Bonchev–Trinajstić information content (AvgIpc) is 3.35. The van der Waals surface area contributed by atoms with Gasteiger partial charge in [0.15, 0.2) is 23.9 Å². The first-order valence-corrected chi connectivity index (χ1v) is 11.3. The minimum absolute atomic E-state index is 0.0445. The van der Waals surface area contributed by atoms with Gasteiger partial charge >= 0.3 is 5.97 Å². The Morgan fingerprint density at radius 1 is 1.07 bits per heavy atom. The fourth-order valence-electron chi connectivity index (χ4n) is 4.23. The third-order valence-electron chi connectivity index (χ3n) is 5.76. The van der Waals surface area contributed by atoms with Gasteiger partial charge in [-0.3, -0.25) is 0 Å². The van der Waals surface area contributed by atoms with Crippen LogP contribution in [0.5, 0.6) is 0 Å². The van der Waals surface area contributed by atoms with E-state index in [0.29, 0.717) is 11.6 Å². The molecular formula is C21H24N6O2S.